The van der Waals surface area contributed by atoms with E-state index in [1.54, 1.807) is 30.3 Å². The van der Waals surface area contributed by atoms with Crippen LogP contribution in [0.5, 0.6) is 0 Å². The summed E-state index contributed by atoms with van der Waals surface area (Å²) in [5.74, 6) is -3.33. The molecule has 0 bridgehead atoms. The van der Waals surface area contributed by atoms with E-state index >= 15 is 0 Å². The molecule has 5 rings (SSSR count). The van der Waals surface area contributed by atoms with Gasteiger partial charge in [-0.2, -0.15) is 5.01 Å². The SMILES string of the molecule is CC(C)c1nc2ccccc2c2c1C(=O)N(NC(=O)C(=O)N1CCCc3ccccc31)C2=O. The highest BCUT2D eigenvalue weighted by Crippen LogP contribution is 2.34. The second kappa shape index (κ2) is 7.81. The van der Waals surface area contributed by atoms with Gasteiger partial charge in [0.05, 0.1) is 22.3 Å². The third-order valence-electron chi connectivity index (χ3n) is 6.06. The van der Waals surface area contributed by atoms with Gasteiger partial charge in [-0.3, -0.25) is 24.2 Å². The van der Waals surface area contributed by atoms with Gasteiger partial charge < -0.3 is 4.90 Å². The summed E-state index contributed by atoms with van der Waals surface area (Å²) in [4.78, 5) is 58.3. The van der Waals surface area contributed by atoms with E-state index in [2.05, 4.69) is 10.4 Å². The maximum atomic E-state index is 13.3. The van der Waals surface area contributed by atoms with Gasteiger partial charge in [0.15, 0.2) is 0 Å². The number of pyridine rings is 1. The molecule has 4 amide bonds. The van der Waals surface area contributed by atoms with Crippen LogP contribution in [0.3, 0.4) is 0 Å². The monoisotopic (exact) mass is 442 g/mol. The molecule has 1 aromatic heterocycles. The van der Waals surface area contributed by atoms with Crippen LogP contribution in [0.2, 0.25) is 0 Å². The van der Waals surface area contributed by atoms with Crippen molar-refractivity contribution in [1.82, 2.24) is 15.4 Å². The van der Waals surface area contributed by atoms with E-state index in [-0.39, 0.29) is 17.0 Å². The highest BCUT2D eigenvalue weighted by molar-refractivity contribution is 6.41. The largest absolute Gasteiger partial charge is 0.328 e. The number of nitrogens with zero attached hydrogens (tertiary/aromatic N) is 3. The number of carbonyl (C=O) groups excluding carboxylic acids is 4. The van der Waals surface area contributed by atoms with Crippen LogP contribution in [-0.2, 0) is 16.0 Å². The maximum absolute atomic E-state index is 13.3. The minimum atomic E-state index is -1.04. The summed E-state index contributed by atoms with van der Waals surface area (Å²) in [5, 5.41) is 1.17. The third kappa shape index (κ3) is 3.26. The quantitative estimate of drug-likeness (QED) is 0.486. The van der Waals surface area contributed by atoms with Gasteiger partial charge in [-0.05, 0) is 36.5 Å². The summed E-state index contributed by atoms with van der Waals surface area (Å²) in [6.07, 6.45) is 1.54. The predicted molar refractivity (Wildman–Crippen MR) is 122 cm³/mol. The first-order valence-corrected chi connectivity index (χ1v) is 10.9. The molecule has 8 heteroatoms. The fraction of sp³-hybridized carbons (Fsp3) is 0.240. The zero-order chi connectivity index (χ0) is 23.3. The lowest BCUT2D eigenvalue weighted by atomic mass is 9.97. The Hall–Kier alpha value is -4.07. The lowest BCUT2D eigenvalue weighted by Gasteiger charge is -2.29. The van der Waals surface area contributed by atoms with Crippen LogP contribution < -0.4 is 10.3 Å². The topological polar surface area (TPSA) is 99.7 Å². The van der Waals surface area contributed by atoms with Crippen molar-refractivity contribution in [2.45, 2.75) is 32.6 Å². The van der Waals surface area contributed by atoms with Crippen molar-refractivity contribution in [3.05, 3.63) is 70.9 Å². The Morgan fingerprint density at radius 1 is 0.970 bits per heavy atom. The van der Waals surface area contributed by atoms with Crippen LogP contribution >= 0.6 is 0 Å². The number of benzene rings is 2. The number of fused-ring (bicyclic) bond motifs is 4. The number of carbonyl (C=O) groups is 4. The molecular formula is C25H22N4O4. The number of hydrogen-bond acceptors (Lipinski definition) is 5. The summed E-state index contributed by atoms with van der Waals surface area (Å²) in [6, 6.07) is 14.5. The number of nitrogens with one attached hydrogen (secondary N) is 1. The standard InChI is InChI=1S/C25H22N4O4/c1-14(2)21-20-19(16-10-4-5-11-17(16)26-21)23(31)29(24(20)32)27-22(30)25(33)28-13-7-9-15-8-3-6-12-18(15)28/h3-6,8,10-12,14H,7,9,13H2,1-2H3,(H,27,30). The normalized spacial score (nSPS) is 15.1. The zero-order valence-corrected chi connectivity index (χ0v) is 18.3. The first-order chi connectivity index (χ1) is 15.9. The van der Waals surface area contributed by atoms with Crippen molar-refractivity contribution >= 4 is 40.2 Å². The molecule has 166 valence electrons. The van der Waals surface area contributed by atoms with E-state index in [1.807, 2.05) is 32.0 Å². The van der Waals surface area contributed by atoms with E-state index < -0.39 is 23.6 Å². The predicted octanol–water partition coefficient (Wildman–Crippen LogP) is 2.96. The summed E-state index contributed by atoms with van der Waals surface area (Å²) in [5.41, 5.74) is 5.35. The number of imide groups is 1. The fourth-order valence-electron chi connectivity index (χ4n) is 4.52. The van der Waals surface area contributed by atoms with Gasteiger partial charge >= 0.3 is 11.8 Å². The van der Waals surface area contributed by atoms with Gasteiger partial charge in [-0.1, -0.05) is 50.2 Å². The van der Waals surface area contributed by atoms with Crippen LogP contribution in [-0.4, -0.2) is 40.2 Å². The Labute approximate surface area is 190 Å². The highest BCUT2D eigenvalue weighted by atomic mass is 16.2. The second-order valence-corrected chi connectivity index (χ2v) is 8.49. The molecule has 8 nitrogen and oxygen atoms in total. The Morgan fingerprint density at radius 2 is 1.67 bits per heavy atom. The number of hydrogen-bond donors (Lipinski definition) is 1. The molecule has 3 aromatic rings. The number of hydrazine groups is 1. The van der Waals surface area contributed by atoms with Gasteiger partial charge in [0, 0.05) is 17.6 Å². The maximum Gasteiger partial charge on any atom is 0.328 e. The van der Waals surface area contributed by atoms with Gasteiger partial charge in [0.25, 0.3) is 11.8 Å². The molecule has 33 heavy (non-hydrogen) atoms. The minimum absolute atomic E-state index is 0.123. The summed E-state index contributed by atoms with van der Waals surface area (Å²) < 4.78 is 0. The molecule has 0 unspecified atom stereocenters. The molecule has 3 heterocycles. The van der Waals surface area contributed by atoms with E-state index in [0.717, 1.165) is 18.4 Å². The molecule has 2 aliphatic rings. The molecule has 1 N–H and O–H groups in total. The van der Waals surface area contributed by atoms with E-state index in [9.17, 15) is 19.2 Å². The second-order valence-electron chi connectivity index (χ2n) is 8.49. The van der Waals surface area contributed by atoms with Crippen LogP contribution in [0.1, 0.15) is 58.2 Å². The molecule has 0 saturated heterocycles. The molecule has 0 fully saturated rings. The number of aryl methyl sites for hydroxylation is 1. The van der Waals surface area contributed by atoms with Crippen LogP contribution in [0.25, 0.3) is 10.9 Å². The van der Waals surface area contributed by atoms with Crippen LogP contribution in [0.4, 0.5) is 5.69 Å². The molecule has 0 atom stereocenters. The van der Waals surface area contributed by atoms with Gasteiger partial charge in [0.2, 0.25) is 0 Å². The number of para-hydroxylation sites is 2. The van der Waals surface area contributed by atoms with Crippen molar-refractivity contribution in [3.8, 4) is 0 Å². The lowest BCUT2D eigenvalue weighted by Crippen LogP contribution is -2.53. The lowest BCUT2D eigenvalue weighted by molar-refractivity contribution is -0.139. The highest BCUT2D eigenvalue weighted by Gasteiger charge is 2.42. The van der Waals surface area contributed by atoms with Crippen molar-refractivity contribution < 1.29 is 19.2 Å². The number of amides is 4. The van der Waals surface area contributed by atoms with Gasteiger partial charge in [-0.15, -0.1) is 0 Å². The van der Waals surface area contributed by atoms with Crippen LogP contribution in [0, 0.1) is 0 Å². The average Bonchev–Trinajstić information content (AvgIpc) is 3.08. The van der Waals surface area contributed by atoms with E-state index in [4.69, 9.17) is 0 Å². The molecule has 0 aliphatic carbocycles. The molecular weight excluding hydrogens is 420 g/mol. The molecule has 2 aromatic carbocycles. The Bertz CT molecular complexity index is 1350. The molecule has 0 saturated carbocycles. The van der Waals surface area contributed by atoms with Crippen molar-refractivity contribution in [3.63, 3.8) is 0 Å². The number of aromatic nitrogens is 1. The number of anilines is 1. The summed E-state index contributed by atoms with van der Waals surface area (Å²) >= 11 is 0. The van der Waals surface area contributed by atoms with E-state index in [0.29, 0.717) is 33.8 Å². The first-order valence-electron chi connectivity index (χ1n) is 10.9. The molecule has 0 radical (unpaired) electrons. The molecule has 2 aliphatic heterocycles. The minimum Gasteiger partial charge on any atom is -0.304 e. The summed E-state index contributed by atoms with van der Waals surface area (Å²) in [6.45, 7) is 4.15. The Morgan fingerprint density at radius 3 is 2.45 bits per heavy atom. The fourth-order valence-corrected chi connectivity index (χ4v) is 4.52. The first kappa shape index (κ1) is 20.8. The number of rotatable bonds is 2. The smallest absolute Gasteiger partial charge is 0.304 e. The average molecular weight is 442 g/mol. The van der Waals surface area contributed by atoms with Crippen LogP contribution in [0.15, 0.2) is 48.5 Å². The zero-order valence-electron chi connectivity index (χ0n) is 18.3. The van der Waals surface area contributed by atoms with Crippen molar-refractivity contribution in [2.24, 2.45) is 0 Å². The van der Waals surface area contributed by atoms with Gasteiger partial charge in [-0.25, -0.2) is 5.43 Å². The van der Waals surface area contributed by atoms with Crippen molar-refractivity contribution in [2.75, 3.05) is 11.4 Å². The summed E-state index contributed by atoms with van der Waals surface area (Å²) in [7, 11) is 0. The van der Waals surface area contributed by atoms with Gasteiger partial charge in [0.1, 0.15) is 0 Å². The third-order valence-corrected chi connectivity index (χ3v) is 6.06. The Balaban J connectivity index is 1.48. The molecule has 0 spiro atoms. The van der Waals surface area contributed by atoms with Crippen molar-refractivity contribution in [1.29, 1.82) is 0 Å². The Kier molecular flexibility index (Phi) is 4.92. The van der Waals surface area contributed by atoms with E-state index in [1.165, 1.54) is 4.90 Å².